The molecule has 0 saturated heterocycles. The first-order valence-electron chi connectivity index (χ1n) is 8.60. The monoisotopic (exact) mass is 365 g/mol. The summed E-state index contributed by atoms with van der Waals surface area (Å²) in [6.07, 6.45) is 1.85. The maximum Gasteiger partial charge on any atom is 0.237 e. The Kier molecular flexibility index (Phi) is 5.47. The van der Waals surface area contributed by atoms with E-state index in [2.05, 4.69) is 16.5 Å². The molecule has 0 fully saturated rings. The number of fused-ring (bicyclic) bond motifs is 1. The van der Waals surface area contributed by atoms with Gasteiger partial charge in [-0.25, -0.2) is 4.98 Å². The van der Waals surface area contributed by atoms with E-state index in [4.69, 9.17) is 4.98 Å². The molecule has 1 heterocycles. The van der Waals surface area contributed by atoms with Crippen molar-refractivity contribution in [2.24, 2.45) is 0 Å². The van der Waals surface area contributed by atoms with Crippen molar-refractivity contribution >= 4 is 34.4 Å². The van der Waals surface area contributed by atoms with E-state index in [-0.39, 0.29) is 11.2 Å². The molecule has 0 radical (unpaired) electrons. The molecule has 1 aromatic heterocycles. The fourth-order valence-corrected chi connectivity index (χ4v) is 3.70. The molecule has 1 atom stereocenters. The highest BCUT2D eigenvalue weighted by atomic mass is 32.2. The molecule has 1 amide bonds. The minimum absolute atomic E-state index is 0.0269. The highest BCUT2D eigenvalue weighted by Gasteiger charge is 2.19. The summed E-state index contributed by atoms with van der Waals surface area (Å²) in [5.41, 5.74) is 5.03. The number of imidazole rings is 1. The lowest BCUT2D eigenvalue weighted by Gasteiger charge is -2.14. The molecule has 0 spiro atoms. The number of benzene rings is 2. The molecule has 4 nitrogen and oxygen atoms in total. The van der Waals surface area contributed by atoms with Crippen LogP contribution >= 0.6 is 11.8 Å². The van der Waals surface area contributed by atoms with Crippen molar-refractivity contribution in [3.63, 3.8) is 0 Å². The van der Waals surface area contributed by atoms with Gasteiger partial charge >= 0.3 is 0 Å². The van der Waals surface area contributed by atoms with E-state index in [0.29, 0.717) is 6.54 Å². The number of nitrogens with one attached hydrogen (secondary N) is 1. The van der Waals surface area contributed by atoms with Gasteiger partial charge < -0.3 is 9.88 Å². The summed E-state index contributed by atoms with van der Waals surface area (Å²) >= 11 is 1.47. The lowest BCUT2D eigenvalue weighted by molar-refractivity contribution is -0.115. The Morgan fingerprint density at radius 1 is 1.31 bits per heavy atom. The summed E-state index contributed by atoms with van der Waals surface area (Å²) in [6.45, 7) is 10.4. The van der Waals surface area contributed by atoms with Crippen molar-refractivity contribution in [2.75, 3.05) is 5.32 Å². The normalized spacial score (nSPS) is 12.1. The van der Waals surface area contributed by atoms with Crippen LogP contribution in [0.15, 0.2) is 60.3 Å². The zero-order chi connectivity index (χ0) is 18.7. The predicted molar refractivity (Wildman–Crippen MR) is 110 cm³/mol. The van der Waals surface area contributed by atoms with Gasteiger partial charge in [0.05, 0.1) is 16.3 Å². The Morgan fingerprint density at radius 2 is 2.08 bits per heavy atom. The molecule has 3 aromatic rings. The summed E-state index contributed by atoms with van der Waals surface area (Å²) in [5, 5.41) is 3.60. The first-order valence-corrected chi connectivity index (χ1v) is 9.48. The molecule has 2 aromatic carbocycles. The van der Waals surface area contributed by atoms with Crippen LogP contribution in [0.5, 0.6) is 0 Å². The van der Waals surface area contributed by atoms with Gasteiger partial charge in [0.1, 0.15) is 0 Å². The van der Waals surface area contributed by atoms with Crippen molar-refractivity contribution in [3.05, 3.63) is 66.2 Å². The van der Waals surface area contributed by atoms with Gasteiger partial charge in [0, 0.05) is 12.2 Å². The van der Waals surface area contributed by atoms with E-state index in [1.165, 1.54) is 11.8 Å². The smallest absolute Gasteiger partial charge is 0.237 e. The summed E-state index contributed by atoms with van der Waals surface area (Å²) in [4.78, 5) is 17.4. The minimum atomic E-state index is -0.268. The van der Waals surface area contributed by atoms with Crippen LogP contribution in [0.3, 0.4) is 0 Å². The molecule has 134 valence electrons. The lowest BCUT2D eigenvalue weighted by Crippen LogP contribution is -2.23. The van der Waals surface area contributed by atoms with Crippen LogP contribution in [0.1, 0.15) is 18.1 Å². The molecule has 0 aliphatic carbocycles. The fraction of sp³-hybridized carbons (Fsp3) is 0.238. The Labute approximate surface area is 158 Å². The fourth-order valence-electron chi connectivity index (χ4n) is 2.77. The molecule has 5 heteroatoms. The van der Waals surface area contributed by atoms with Crippen molar-refractivity contribution in [1.82, 2.24) is 9.55 Å². The maximum absolute atomic E-state index is 12.7. The van der Waals surface area contributed by atoms with Crippen LogP contribution < -0.4 is 5.32 Å². The van der Waals surface area contributed by atoms with Crippen LogP contribution in [-0.4, -0.2) is 20.7 Å². The molecule has 3 rings (SSSR count). The third-order valence-electron chi connectivity index (χ3n) is 4.23. The molecule has 0 saturated carbocycles. The zero-order valence-electron chi connectivity index (χ0n) is 15.3. The number of nitrogens with zero attached hydrogens (tertiary/aromatic N) is 2. The van der Waals surface area contributed by atoms with Crippen molar-refractivity contribution in [3.8, 4) is 0 Å². The van der Waals surface area contributed by atoms with Crippen LogP contribution in [-0.2, 0) is 11.3 Å². The Hall–Kier alpha value is -2.53. The number of para-hydroxylation sites is 2. The average molecular weight is 366 g/mol. The first kappa shape index (κ1) is 18.3. The number of carbonyl (C=O) groups excluding carboxylic acids is 1. The van der Waals surface area contributed by atoms with Crippen LogP contribution in [0.25, 0.3) is 11.0 Å². The number of hydrogen-bond donors (Lipinski definition) is 1. The molecule has 0 aliphatic heterocycles. The first-order chi connectivity index (χ1) is 12.5. The third kappa shape index (κ3) is 3.83. The Bertz CT molecular complexity index is 961. The van der Waals surface area contributed by atoms with Crippen LogP contribution in [0.2, 0.25) is 0 Å². The number of thioether (sulfide) groups is 1. The van der Waals surface area contributed by atoms with E-state index in [9.17, 15) is 4.79 Å². The van der Waals surface area contributed by atoms with Crippen LogP contribution in [0.4, 0.5) is 5.69 Å². The largest absolute Gasteiger partial charge is 0.325 e. The second kappa shape index (κ2) is 7.79. The van der Waals surface area contributed by atoms with E-state index in [1.54, 1.807) is 0 Å². The quantitative estimate of drug-likeness (QED) is 0.496. The van der Waals surface area contributed by atoms with Gasteiger partial charge in [0.15, 0.2) is 5.16 Å². The van der Waals surface area contributed by atoms with Gasteiger partial charge in [0.25, 0.3) is 0 Å². The summed E-state index contributed by atoms with van der Waals surface area (Å²) in [6, 6.07) is 14.1. The molecule has 1 unspecified atom stereocenters. The average Bonchev–Trinajstić information content (AvgIpc) is 2.96. The van der Waals surface area contributed by atoms with Gasteiger partial charge in [-0.1, -0.05) is 42.1 Å². The highest BCUT2D eigenvalue weighted by molar-refractivity contribution is 8.00. The van der Waals surface area contributed by atoms with Crippen molar-refractivity contribution in [2.45, 2.75) is 37.7 Å². The van der Waals surface area contributed by atoms with E-state index in [0.717, 1.165) is 33.0 Å². The number of aryl methyl sites for hydroxylation is 2. The van der Waals surface area contributed by atoms with E-state index >= 15 is 0 Å². The molecule has 1 N–H and O–H groups in total. The topological polar surface area (TPSA) is 46.9 Å². The predicted octanol–water partition coefficient (Wildman–Crippen LogP) is 4.96. The standard InChI is InChI=1S/C21H23N3OS/c1-5-12-24-19-9-7-6-8-17(19)23-21(24)26-16(4)20(25)22-18-13-14(2)10-11-15(18)3/h5-11,13,16H,1,12H2,2-4H3,(H,22,25). The number of anilines is 1. The summed E-state index contributed by atoms with van der Waals surface area (Å²) in [7, 11) is 0. The second-order valence-electron chi connectivity index (χ2n) is 6.35. The number of allylic oxidation sites excluding steroid dienone is 1. The summed E-state index contributed by atoms with van der Waals surface area (Å²) in [5.74, 6) is -0.0269. The van der Waals surface area contributed by atoms with Crippen LogP contribution in [0, 0.1) is 13.8 Å². The lowest BCUT2D eigenvalue weighted by atomic mass is 10.1. The van der Waals surface area contributed by atoms with Gasteiger partial charge in [-0.2, -0.15) is 0 Å². The third-order valence-corrected chi connectivity index (χ3v) is 5.32. The molecular formula is C21H23N3OS. The van der Waals surface area contributed by atoms with Crippen molar-refractivity contribution in [1.29, 1.82) is 0 Å². The van der Waals surface area contributed by atoms with Gasteiger partial charge in [-0.05, 0) is 50.1 Å². The number of carbonyl (C=O) groups is 1. The van der Waals surface area contributed by atoms with Gasteiger partial charge in [0.2, 0.25) is 5.91 Å². The number of amides is 1. The number of hydrogen-bond acceptors (Lipinski definition) is 3. The SMILES string of the molecule is C=CCn1c(SC(C)C(=O)Nc2cc(C)ccc2C)nc2ccccc21. The molecule has 0 bridgehead atoms. The molecule has 0 aliphatic rings. The Balaban J connectivity index is 1.81. The van der Waals surface area contributed by atoms with Gasteiger partial charge in [-0.3, -0.25) is 4.79 Å². The molecule has 26 heavy (non-hydrogen) atoms. The summed E-state index contributed by atoms with van der Waals surface area (Å²) < 4.78 is 2.09. The maximum atomic E-state index is 12.7. The highest BCUT2D eigenvalue weighted by Crippen LogP contribution is 2.28. The van der Waals surface area contributed by atoms with Crippen molar-refractivity contribution < 1.29 is 4.79 Å². The molecular weight excluding hydrogens is 342 g/mol. The zero-order valence-corrected chi connectivity index (χ0v) is 16.1. The van der Waals surface area contributed by atoms with Gasteiger partial charge in [-0.15, -0.1) is 6.58 Å². The van der Waals surface area contributed by atoms with E-state index < -0.39 is 0 Å². The Morgan fingerprint density at radius 3 is 2.85 bits per heavy atom. The second-order valence-corrected chi connectivity index (χ2v) is 7.66. The number of aromatic nitrogens is 2. The van der Waals surface area contributed by atoms with E-state index in [1.807, 2.05) is 69.3 Å². The number of rotatable bonds is 6. The minimum Gasteiger partial charge on any atom is -0.325 e.